The van der Waals surface area contributed by atoms with Gasteiger partial charge in [-0.15, -0.1) is 27.8 Å². The molecular formula is C14H7FN2S3. The third-order valence-corrected chi connectivity index (χ3v) is 5.50. The van der Waals surface area contributed by atoms with Crippen molar-refractivity contribution in [2.45, 2.75) is 0 Å². The maximum absolute atomic E-state index is 14.8. The van der Waals surface area contributed by atoms with Crippen molar-refractivity contribution >= 4 is 44.4 Å². The van der Waals surface area contributed by atoms with E-state index in [4.69, 9.17) is 0 Å². The highest BCUT2D eigenvalue weighted by Crippen LogP contribution is 2.41. The molecule has 0 unspecified atom stereocenters. The number of fused-ring (bicyclic) bond motifs is 1. The van der Waals surface area contributed by atoms with Crippen LogP contribution in [0.3, 0.4) is 0 Å². The number of hydrogen-bond donors (Lipinski definition) is 0. The first-order valence-corrected chi connectivity index (χ1v) is 8.40. The molecule has 0 fully saturated rings. The molecule has 0 saturated heterocycles. The van der Waals surface area contributed by atoms with E-state index >= 15 is 0 Å². The molecule has 20 heavy (non-hydrogen) atoms. The Kier molecular flexibility index (Phi) is 2.87. The number of nitrogens with zero attached hydrogens (tertiary/aromatic N) is 2. The molecule has 0 amide bonds. The summed E-state index contributed by atoms with van der Waals surface area (Å²) in [5.41, 5.74) is 1.90. The highest BCUT2D eigenvalue weighted by molar-refractivity contribution is 7.15. The van der Waals surface area contributed by atoms with E-state index < -0.39 is 0 Å². The molecule has 0 spiro atoms. The minimum absolute atomic E-state index is 0.276. The predicted molar refractivity (Wildman–Crippen MR) is 84.0 cm³/mol. The monoisotopic (exact) mass is 318 g/mol. The first-order valence-electron chi connectivity index (χ1n) is 5.87. The summed E-state index contributed by atoms with van der Waals surface area (Å²) in [6.07, 6.45) is 0. The summed E-state index contributed by atoms with van der Waals surface area (Å²) in [5, 5.41) is 7.87. The molecule has 0 aliphatic carbocycles. The second kappa shape index (κ2) is 4.73. The third kappa shape index (κ3) is 1.80. The molecule has 98 valence electrons. The van der Waals surface area contributed by atoms with Crippen LogP contribution in [-0.4, -0.2) is 9.59 Å². The van der Waals surface area contributed by atoms with Crippen LogP contribution < -0.4 is 0 Å². The molecule has 0 saturated carbocycles. The SMILES string of the molecule is Fc1c(-c2cccs2)c(-c2cccs2)cc2snnc12. The summed E-state index contributed by atoms with van der Waals surface area (Å²) in [6.45, 7) is 0. The van der Waals surface area contributed by atoms with Gasteiger partial charge in [-0.2, -0.15) is 0 Å². The molecule has 1 aromatic carbocycles. The van der Waals surface area contributed by atoms with Gasteiger partial charge in [-0.3, -0.25) is 0 Å². The summed E-state index contributed by atoms with van der Waals surface area (Å²) in [6, 6.07) is 9.85. The zero-order valence-electron chi connectivity index (χ0n) is 10.0. The summed E-state index contributed by atoms with van der Waals surface area (Å²) < 4.78 is 19.5. The highest BCUT2D eigenvalue weighted by Gasteiger charge is 2.19. The van der Waals surface area contributed by atoms with Crippen LogP contribution in [0.1, 0.15) is 0 Å². The lowest BCUT2D eigenvalue weighted by atomic mass is 10.0. The van der Waals surface area contributed by atoms with Crippen LogP contribution in [0, 0.1) is 5.82 Å². The van der Waals surface area contributed by atoms with Crippen molar-refractivity contribution in [3.8, 4) is 20.9 Å². The maximum Gasteiger partial charge on any atom is 0.161 e. The van der Waals surface area contributed by atoms with E-state index in [1.54, 1.807) is 11.3 Å². The first kappa shape index (κ1) is 12.1. The Bertz CT molecular complexity index is 864. The Labute approximate surface area is 126 Å². The molecule has 0 bridgehead atoms. The number of aromatic nitrogens is 2. The van der Waals surface area contributed by atoms with Gasteiger partial charge >= 0.3 is 0 Å². The Morgan fingerprint density at radius 3 is 2.45 bits per heavy atom. The van der Waals surface area contributed by atoms with Crippen LogP contribution in [0.2, 0.25) is 0 Å². The average Bonchev–Trinajstić information content (AvgIpc) is 3.20. The second-order valence-electron chi connectivity index (χ2n) is 4.19. The van der Waals surface area contributed by atoms with E-state index in [9.17, 15) is 4.39 Å². The largest absolute Gasteiger partial charge is 0.204 e. The number of thiophene rings is 2. The number of halogens is 1. The Morgan fingerprint density at radius 1 is 1.00 bits per heavy atom. The average molecular weight is 318 g/mol. The van der Waals surface area contributed by atoms with Crippen molar-refractivity contribution in [3.05, 3.63) is 46.9 Å². The van der Waals surface area contributed by atoms with Gasteiger partial charge in [-0.25, -0.2) is 4.39 Å². The molecule has 0 radical (unpaired) electrons. The molecule has 4 aromatic rings. The van der Waals surface area contributed by atoms with E-state index in [2.05, 4.69) is 9.59 Å². The van der Waals surface area contributed by atoms with Crippen LogP contribution in [0.15, 0.2) is 41.1 Å². The predicted octanol–water partition coefficient (Wildman–Crippen LogP) is 5.29. The van der Waals surface area contributed by atoms with Crippen molar-refractivity contribution in [3.63, 3.8) is 0 Å². The number of hydrogen-bond acceptors (Lipinski definition) is 5. The van der Waals surface area contributed by atoms with Gasteiger partial charge in [0.25, 0.3) is 0 Å². The third-order valence-electron chi connectivity index (χ3n) is 3.04. The fourth-order valence-electron chi connectivity index (χ4n) is 2.17. The molecule has 6 heteroatoms. The van der Waals surface area contributed by atoms with Crippen molar-refractivity contribution in [2.24, 2.45) is 0 Å². The van der Waals surface area contributed by atoms with Crippen LogP contribution in [0.5, 0.6) is 0 Å². The summed E-state index contributed by atoms with van der Waals surface area (Å²) >= 11 is 4.37. The Morgan fingerprint density at radius 2 is 1.75 bits per heavy atom. The van der Waals surface area contributed by atoms with Gasteiger partial charge in [0.05, 0.1) is 4.70 Å². The van der Waals surface area contributed by atoms with Gasteiger partial charge in [-0.1, -0.05) is 16.6 Å². The number of rotatable bonds is 2. The molecule has 0 atom stereocenters. The lowest BCUT2D eigenvalue weighted by molar-refractivity contribution is 0.640. The van der Waals surface area contributed by atoms with Gasteiger partial charge < -0.3 is 0 Å². The zero-order chi connectivity index (χ0) is 13.5. The summed E-state index contributed by atoms with van der Waals surface area (Å²) in [5.74, 6) is -0.276. The minimum Gasteiger partial charge on any atom is -0.204 e. The van der Waals surface area contributed by atoms with Crippen molar-refractivity contribution in [1.29, 1.82) is 0 Å². The summed E-state index contributed by atoms with van der Waals surface area (Å²) in [4.78, 5) is 1.98. The van der Waals surface area contributed by atoms with Crippen LogP contribution >= 0.6 is 34.2 Å². The van der Waals surface area contributed by atoms with Crippen LogP contribution in [0.4, 0.5) is 4.39 Å². The Hall–Kier alpha value is -1.63. The van der Waals surface area contributed by atoms with E-state index in [0.29, 0.717) is 11.1 Å². The van der Waals surface area contributed by atoms with E-state index in [1.165, 1.54) is 22.9 Å². The van der Waals surface area contributed by atoms with E-state index in [1.807, 2.05) is 41.1 Å². The molecule has 0 N–H and O–H groups in total. The molecule has 0 aliphatic rings. The smallest absolute Gasteiger partial charge is 0.161 e. The molecule has 0 aliphatic heterocycles. The van der Waals surface area contributed by atoms with Gasteiger partial charge in [-0.05, 0) is 40.5 Å². The van der Waals surface area contributed by atoms with Crippen molar-refractivity contribution in [1.82, 2.24) is 9.59 Å². The maximum atomic E-state index is 14.8. The van der Waals surface area contributed by atoms with Gasteiger partial charge in [0.2, 0.25) is 0 Å². The topological polar surface area (TPSA) is 25.8 Å². The van der Waals surface area contributed by atoms with E-state index in [0.717, 1.165) is 20.0 Å². The lowest BCUT2D eigenvalue weighted by Gasteiger charge is -2.08. The van der Waals surface area contributed by atoms with Crippen molar-refractivity contribution in [2.75, 3.05) is 0 Å². The molecule has 2 nitrogen and oxygen atoms in total. The second-order valence-corrected chi connectivity index (χ2v) is 6.87. The van der Waals surface area contributed by atoms with Gasteiger partial charge in [0, 0.05) is 20.9 Å². The van der Waals surface area contributed by atoms with Gasteiger partial charge in [0.1, 0.15) is 5.52 Å². The molecule has 4 rings (SSSR count). The zero-order valence-corrected chi connectivity index (χ0v) is 12.5. The number of benzene rings is 1. The Balaban J connectivity index is 2.12. The fraction of sp³-hybridized carbons (Fsp3) is 0. The first-order chi connectivity index (χ1) is 9.84. The van der Waals surface area contributed by atoms with Gasteiger partial charge in [0.15, 0.2) is 5.82 Å². The summed E-state index contributed by atoms with van der Waals surface area (Å²) in [7, 11) is 0. The molecule has 3 aromatic heterocycles. The lowest BCUT2D eigenvalue weighted by Crippen LogP contribution is -1.89. The highest BCUT2D eigenvalue weighted by atomic mass is 32.1. The molecule has 3 heterocycles. The minimum atomic E-state index is -0.276. The van der Waals surface area contributed by atoms with Crippen molar-refractivity contribution < 1.29 is 4.39 Å². The van der Waals surface area contributed by atoms with E-state index in [-0.39, 0.29) is 5.82 Å². The fourth-order valence-corrected chi connectivity index (χ4v) is 4.30. The van der Waals surface area contributed by atoms with Crippen LogP contribution in [0.25, 0.3) is 31.1 Å². The normalized spacial score (nSPS) is 11.2. The standard InChI is InChI=1S/C14H7FN2S3/c15-13-12(10-4-2-6-19-10)8(9-3-1-5-18-9)7-11-14(13)16-17-20-11/h1-7H. The quantitative estimate of drug-likeness (QED) is 0.502. The molecular weight excluding hydrogens is 311 g/mol. The van der Waals surface area contributed by atoms with Crippen LogP contribution in [-0.2, 0) is 0 Å².